The van der Waals surface area contributed by atoms with Gasteiger partial charge in [0, 0.05) is 18.4 Å². The summed E-state index contributed by atoms with van der Waals surface area (Å²) in [6.45, 7) is 0.270. The van der Waals surface area contributed by atoms with E-state index < -0.39 is 5.60 Å². The monoisotopic (exact) mass is 331 g/mol. The second-order valence-electron chi connectivity index (χ2n) is 4.72. The van der Waals surface area contributed by atoms with Crippen molar-refractivity contribution in [1.29, 1.82) is 0 Å². The lowest BCUT2D eigenvalue weighted by molar-refractivity contribution is -0.117. The van der Waals surface area contributed by atoms with E-state index in [1.54, 1.807) is 36.0 Å². The van der Waals surface area contributed by atoms with Gasteiger partial charge in [-0.15, -0.1) is 0 Å². The Morgan fingerprint density at radius 3 is 3.00 bits per heavy atom. The molecule has 1 saturated heterocycles. The molecule has 1 aromatic carbocycles. The highest BCUT2D eigenvalue weighted by Gasteiger charge is 2.31. The predicted molar refractivity (Wildman–Crippen MR) is 85.4 cm³/mol. The van der Waals surface area contributed by atoms with Crippen molar-refractivity contribution < 1.29 is 9.90 Å². The molecule has 0 radical (unpaired) electrons. The third-order valence-corrected chi connectivity index (χ3v) is 5.14. The molecule has 3 nitrogen and oxygen atoms in total. The van der Waals surface area contributed by atoms with Gasteiger partial charge in [-0.1, -0.05) is 35.3 Å². The van der Waals surface area contributed by atoms with Gasteiger partial charge in [0.1, 0.15) is 0 Å². The van der Waals surface area contributed by atoms with Crippen LogP contribution in [0.25, 0.3) is 6.08 Å². The van der Waals surface area contributed by atoms with Gasteiger partial charge < -0.3 is 10.4 Å². The van der Waals surface area contributed by atoms with Crippen molar-refractivity contribution >= 4 is 46.9 Å². The van der Waals surface area contributed by atoms with Crippen LogP contribution in [0.15, 0.2) is 24.3 Å². The molecular formula is C14H15Cl2NO2S. The van der Waals surface area contributed by atoms with E-state index in [0.29, 0.717) is 27.8 Å². The predicted octanol–water partition coefficient (Wildman–Crippen LogP) is 2.99. The summed E-state index contributed by atoms with van der Waals surface area (Å²) in [5.74, 6) is 1.34. The van der Waals surface area contributed by atoms with Crippen molar-refractivity contribution in [3.63, 3.8) is 0 Å². The molecule has 20 heavy (non-hydrogen) atoms. The van der Waals surface area contributed by atoms with Crippen molar-refractivity contribution in [3.05, 3.63) is 39.9 Å². The number of thioether (sulfide) groups is 1. The van der Waals surface area contributed by atoms with E-state index in [0.717, 1.165) is 5.75 Å². The van der Waals surface area contributed by atoms with Crippen LogP contribution in [0.5, 0.6) is 0 Å². The molecule has 0 aliphatic carbocycles. The average molecular weight is 332 g/mol. The minimum atomic E-state index is -0.776. The Morgan fingerprint density at radius 1 is 1.50 bits per heavy atom. The van der Waals surface area contributed by atoms with E-state index in [-0.39, 0.29) is 12.5 Å². The Kier molecular flexibility index (Phi) is 5.38. The molecule has 0 spiro atoms. The molecule has 1 atom stereocenters. The summed E-state index contributed by atoms with van der Waals surface area (Å²) in [6, 6.07) is 5.23. The second kappa shape index (κ2) is 6.85. The highest BCUT2D eigenvalue weighted by molar-refractivity contribution is 7.99. The second-order valence-corrected chi connectivity index (χ2v) is 6.61. The van der Waals surface area contributed by atoms with Gasteiger partial charge in [-0.25, -0.2) is 0 Å². The molecule has 0 bridgehead atoms. The van der Waals surface area contributed by atoms with Gasteiger partial charge in [0.15, 0.2) is 0 Å². The van der Waals surface area contributed by atoms with Crippen LogP contribution in [-0.2, 0) is 4.79 Å². The summed E-state index contributed by atoms with van der Waals surface area (Å²) in [6.07, 6.45) is 3.71. The quantitative estimate of drug-likeness (QED) is 0.834. The molecule has 1 unspecified atom stereocenters. The summed E-state index contributed by atoms with van der Waals surface area (Å²) >= 11 is 13.6. The van der Waals surface area contributed by atoms with Crippen LogP contribution in [0.3, 0.4) is 0 Å². The van der Waals surface area contributed by atoms with Gasteiger partial charge in [0.05, 0.1) is 15.6 Å². The lowest BCUT2D eigenvalue weighted by Crippen LogP contribution is -2.42. The normalized spacial score (nSPS) is 22.4. The van der Waals surface area contributed by atoms with Gasteiger partial charge >= 0.3 is 0 Å². The number of hydrogen-bond acceptors (Lipinski definition) is 3. The van der Waals surface area contributed by atoms with E-state index in [4.69, 9.17) is 23.2 Å². The van der Waals surface area contributed by atoms with Gasteiger partial charge in [0.25, 0.3) is 0 Å². The zero-order valence-electron chi connectivity index (χ0n) is 10.7. The lowest BCUT2D eigenvalue weighted by atomic mass is 10.0. The van der Waals surface area contributed by atoms with Crippen LogP contribution in [-0.4, -0.2) is 34.7 Å². The fourth-order valence-corrected chi connectivity index (χ4v) is 3.53. The molecule has 1 fully saturated rings. The molecular weight excluding hydrogens is 317 g/mol. The van der Waals surface area contributed by atoms with E-state index >= 15 is 0 Å². The molecule has 1 amide bonds. The third-order valence-electron chi connectivity index (χ3n) is 3.07. The first kappa shape index (κ1) is 15.7. The number of amides is 1. The molecule has 1 heterocycles. The van der Waals surface area contributed by atoms with E-state index in [1.165, 1.54) is 6.08 Å². The molecule has 0 aromatic heterocycles. The number of aliphatic hydroxyl groups is 1. The van der Waals surface area contributed by atoms with E-state index in [9.17, 15) is 9.90 Å². The average Bonchev–Trinajstić information content (AvgIpc) is 2.86. The lowest BCUT2D eigenvalue weighted by Gasteiger charge is -2.20. The highest BCUT2D eigenvalue weighted by atomic mass is 35.5. The summed E-state index contributed by atoms with van der Waals surface area (Å²) < 4.78 is 0. The van der Waals surface area contributed by atoms with Crippen LogP contribution in [0.2, 0.25) is 10.0 Å². The smallest absolute Gasteiger partial charge is 0.244 e. The molecule has 2 rings (SSSR count). The summed E-state index contributed by atoms with van der Waals surface area (Å²) in [7, 11) is 0. The molecule has 0 saturated carbocycles. The van der Waals surface area contributed by atoms with E-state index in [2.05, 4.69) is 5.32 Å². The first-order valence-corrected chi connectivity index (χ1v) is 8.11. The SMILES string of the molecule is O=C(C=Cc1cccc(Cl)c1Cl)NCC1(O)CCSC1. The number of carbonyl (C=O) groups is 1. The molecule has 108 valence electrons. The first-order valence-electron chi connectivity index (χ1n) is 6.20. The Bertz CT molecular complexity index is 528. The number of benzene rings is 1. The maximum atomic E-state index is 11.7. The van der Waals surface area contributed by atoms with Crippen LogP contribution in [0.4, 0.5) is 0 Å². The molecule has 1 aromatic rings. The van der Waals surface area contributed by atoms with Crippen molar-refractivity contribution in [1.82, 2.24) is 5.32 Å². The van der Waals surface area contributed by atoms with E-state index in [1.807, 2.05) is 0 Å². The van der Waals surface area contributed by atoms with Gasteiger partial charge in [-0.2, -0.15) is 11.8 Å². The maximum absolute atomic E-state index is 11.7. The summed E-state index contributed by atoms with van der Waals surface area (Å²) in [5, 5.41) is 13.7. The van der Waals surface area contributed by atoms with Crippen LogP contribution < -0.4 is 5.32 Å². The number of rotatable bonds is 4. The van der Waals surface area contributed by atoms with Crippen molar-refractivity contribution in [2.45, 2.75) is 12.0 Å². The van der Waals surface area contributed by atoms with Crippen molar-refractivity contribution in [3.8, 4) is 0 Å². The Labute approximate surface area is 132 Å². The number of carbonyl (C=O) groups excluding carboxylic acids is 1. The van der Waals surface area contributed by atoms with Crippen LogP contribution in [0, 0.1) is 0 Å². The first-order chi connectivity index (χ1) is 9.50. The standard InChI is InChI=1S/C14H15Cl2NO2S/c15-11-3-1-2-10(13(11)16)4-5-12(18)17-8-14(19)6-7-20-9-14/h1-5,19H,6-9H2,(H,17,18). The highest BCUT2D eigenvalue weighted by Crippen LogP contribution is 2.27. The third kappa shape index (κ3) is 4.16. The number of hydrogen-bond donors (Lipinski definition) is 2. The van der Waals surface area contributed by atoms with Crippen molar-refractivity contribution in [2.75, 3.05) is 18.1 Å². The van der Waals surface area contributed by atoms with Crippen LogP contribution >= 0.6 is 35.0 Å². The minimum absolute atomic E-state index is 0.258. The summed E-state index contributed by atoms with van der Waals surface area (Å²) in [5.41, 5.74) is -0.0912. The zero-order chi connectivity index (χ0) is 14.6. The van der Waals surface area contributed by atoms with Gasteiger partial charge in [0.2, 0.25) is 5.91 Å². The number of nitrogens with one attached hydrogen (secondary N) is 1. The Balaban J connectivity index is 1.91. The fourth-order valence-electron chi connectivity index (χ4n) is 1.86. The summed E-state index contributed by atoms with van der Waals surface area (Å²) in [4.78, 5) is 11.7. The molecule has 1 aliphatic heterocycles. The topological polar surface area (TPSA) is 49.3 Å². The molecule has 1 aliphatic rings. The maximum Gasteiger partial charge on any atom is 0.244 e. The zero-order valence-corrected chi connectivity index (χ0v) is 13.1. The van der Waals surface area contributed by atoms with Crippen LogP contribution in [0.1, 0.15) is 12.0 Å². The van der Waals surface area contributed by atoms with Gasteiger partial charge in [-0.05, 0) is 29.9 Å². The minimum Gasteiger partial charge on any atom is -0.387 e. The Morgan fingerprint density at radius 2 is 2.30 bits per heavy atom. The fraction of sp³-hybridized carbons (Fsp3) is 0.357. The number of halogens is 2. The molecule has 6 heteroatoms. The van der Waals surface area contributed by atoms with Crippen molar-refractivity contribution in [2.24, 2.45) is 0 Å². The largest absolute Gasteiger partial charge is 0.387 e. The van der Waals surface area contributed by atoms with Gasteiger partial charge in [-0.3, -0.25) is 4.79 Å². The Hall–Kier alpha value is -0.680. The molecule has 2 N–H and O–H groups in total.